The average molecular weight is 306 g/mol. The number of alkyl halides is 3. The Kier molecular flexibility index (Phi) is 2.46. The van der Waals surface area contributed by atoms with Gasteiger partial charge in [-0.25, -0.2) is 0 Å². The van der Waals surface area contributed by atoms with Gasteiger partial charge in [0.15, 0.2) is 0 Å². The van der Waals surface area contributed by atoms with Crippen LogP contribution in [0.25, 0.3) is 10.9 Å². The highest BCUT2D eigenvalue weighted by atomic mass is 19.4. The van der Waals surface area contributed by atoms with E-state index in [0.29, 0.717) is 5.69 Å². The largest absolute Gasteiger partial charge is 0.394 e. The number of pyridine rings is 1. The van der Waals surface area contributed by atoms with Crippen LogP contribution in [0.4, 0.5) is 18.9 Å². The molecule has 1 amide bonds. The van der Waals surface area contributed by atoms with Crippen molar-refractivity contribution in [1.29, 1.82) is 0 Å². The van der Waals surface area contributed by atoms with Gasteiger partial charge in [-0.1, -0.05) is 6.07 Å². The van der Waals surface area contributed by atoms with Gasteiger partial charge in [0.1, 0.15) is 0 Å². The maximum absolute atomic E-state index is 12.8. The highest BCUT2D eigenvalue weighted by molar-refractivity contribution is 5.99. The van der Waals surface area contributed by atoms with Gasteiger partial charge in [0, 0.05) is 17.3 Å². The Bertz CT molecular complexity index is 765. The molecule has 3 saturated carbocycles. The van der Waals surface area contributed by atoms with Crippen LogP contribution in [-0.4, -0.2) is 17.1 Å². The van der Waals surface area contributed by atoms with Gasteiger partial charge in [0.25, 0.3) is 0 Å². The second-order valence-electron chi connectivity index (χ2n) is 6.45. The first kappa shape index (κ1) is 13.5. The second-order valence-corrected chi connectivity index (χ2v) is 6.45. The molecule has 1 aromatic heterocycles. The Hall–Kier alpha value is -2.11. The van der Waals surface area contributed by atoms with E-state index < -0.39 is 17.0 Å². The van der Waals surface area contributed by atoms with Crippen LogP contribution in [0.15, 0.2) is 36.5 Å². The number of hydrogen-bond acceptors (Lipinski definition) is 2. The summed E-state index contributed by atoms with van der Waals surface area (Å²) in [6.07, 6.45) is -2.75. The second kappa shape index (κ2) is 4.00. The van der Waals surface area contributed by atoms with Crippen molar-refractivity contribution < 1.29 is 18.0 Å². The van der Waals surface area contributed by atoms with Crippen molar-refractivity contribution in [3.63, 3.8) is 0 Å². The van der Waals surface area contributed by atoms with Gasteiger partial charge >= 0.3 is 6.18 Å². The molecule has 1 aromatic carbocycles. The molecule has 0 radical (unpaired) electrons. The fourth-order valence-electron chi connectivity index (χ4n) is 3.75. The summed E-state index contributed by atoms with van der Waals surface area (Å²) < 4.78 is 38.5. The number of nitrogens with zero attached hydrogens (tertiary/aromatic N) is 1. The van der Waals surface area contributed by atoms with E-state index in [9.17, 15) is 18.0 Å². The molecule has 2 bridgehead atoms. The normalized spacial score (nSPS) is 29.6. The molecule has 2 aromatic rings. The first-order valence-electron chi connectivity index (χ1n) is 7.07. The van der Waals surface area contributed by atoms with Gasteiger partial charge in [0.05, 0.1) is 16.3 Å². The van der Waals surface area contributed by atoms with E-state index in [1.807, 2.05) is 6.07 Å². The van der Waals surface area contributed by atoms with Crippen molar-refractivity contribution in [2.24, 2.45) is 10.8 Å². The van der Waals surface area contributed by atoms with Crippen molar-refractivity contribution in [1.82, 2.24) is 4.98 Å². The zero-order valence-electron chi connectivity index (χ0n) is 11.6. The van der Waals surface area contributed by atoms with E-state index in [1.54, 1.807) is 30.5 Å². The SMILES string of the molecule is O=C(Nc1ccc2ncccc2c1)C12CC(C(F)(F)F)(C1)C2. The number of halogens is 3. The summed E-state index contributed by atoms with van der Waals surface area (Å²) in [7, 11) is 0. The lowest BCUT2D eigenvalue weighted by molar-refractivity contribution is -0.349. The first-order valence-corrected chi connectivity index (χ1v) is 7.07. The van der Waals surface area contributed by atoms with Gasteiger partial charge < -0.3 is 5.32 Å². The molecule has 5 rings (SSSR count). The molecule has 0 aliphatic heterocycles. The number of hydrogen-bond donors (Lipinski definition) is 1. The topological polar surface area (TPSA) is 42.0 Å². The summed E-state index contributed by atoms with van der Waals surface area (Å²) in [5, 5.41) is 3.63. The zero-order chi connectivity index (χ0) is 15.6. The molecule has 1 N–H and O–H groups in total. The van der Waals surface area contributed by atoms with Crippen molar-refractivity contribution in [2.45, 2.75) is 25.4 Å². The lowest BCUT2D eigenvalue weighted by Crippen LogP contribution is -2.71. The van der Waals surface area contributed by atoms with E-state index in [4.69, 9.17) is 0 Å². The van der Waals surface area contributed by atoms with Gasteiger partial charge in [-0.3, -0.25) is 9.78 Å². The molecule has 1 heterocycles. The fraction of sp³-hybridized carbons (Fsp3) is 0.375. The maximum Gasteiger partial charge on any atom is 0.394 e. The highest BCUT2D eigenvalue weighted by Gasteiger charge is 2.80. The van der Waals surface area contributed by atoms with Crippen LogP contribution in [-0.2, 0) is 4.79 Å². The van der Waals surface area contributed by atoms with Crippen LogP contribution < -0.4 is 5.32 Å². The number of anilines is 1. The smallest absolute Gasteiger partial charge is 0.326 e. The maximum atomic E-state index is 12.8. The molecule has 22 heavy (non-hydrogen) atoms. The lowest BCUT2D eigenvalue weighted by atomic mass is 9.34. The van der Waals surface area contributed by atoms with Crippen molar-refractivity contribution in [2.75, 3.05) is 5.32 Å². The van der Waals surface area contributed by atoms with Crippen LogP contribution in [0.3, 0.4) is 0 Å². The number of aromatic nitrogens is 1. The number of benzene rings is 1. The molecule has 3 fully saturated rings. The summed E-state index contributed by atoms with van der Waals surface area (Å²) in [5.74, 6) is -0.304. The van der Waals surface area contributed by atoms with Crippen LogP contribution in [0.1, 0.15) is 19.3 Å². The Balaban J connectivity index is 1.49. The Morgan fingerprint density at radius 2 is 1.91 bits per heavy atom. The zero-order valence-corrected chi connectivity index (χ0v) is 11.6. The minimum absolute atomic E-state index is 0.0789. The third-order valence-electron chi connectivity index (χ3n) is 4.97. The number of carbonyl (C=O) groups is 1. The summed E-state index contributed by atoms with van der Waals surface area (Å²) in [5.41, 5.74) is -1.02. The molecule has 0 atom stereocenters. The highest BCUT2D eigenvalue weighted by Crippen LogP contribution is 2.78. The van der Waals surface area contributed by atoms with Crippen molar-refractivity contribution in [3.05, 3.63) is 36.5 Å². The number of rotatable bonds is 2. The van der Waals surface area contributed by atoms with Crippen LogP contribution >= 0.6 is 0 Å². The molecular weight excluding hydrogens is 293 g/mol. The third kappa shape index (κ3) is 1.69. The predicted octanol–water partition coefficient (Wildman–Crippen LogP) is 3.91. The van der Waals surface area contributed by atoms with Crippen LogP contribution in [0.5, 0.6) is 0 Å². The number of fused-ring (bicyclic) bond motifs is 1. The van der Waals surface area contributed by atoms with Crippen LogP contribution in [0, 0.1) is 10.8 Å². The standard InChI is InChI=1S/C16H13F3N2O/c17-16(18,19)15-7-14(8-15,9-15)13(22)21-11-3-4-12-10(6-11)2-1-5-20-12/h1-6H,7-9H2,(H,21,22). The summed E-state index contributed by atoms with van der Waals surface area (Å²) in [4.78, 5) is 16.4. The predicted molar refractivity (Wildman–Crippen MR) is 75.1 cm³/mol. The molecule has 3 nitrogen and oxygen atoms in total. The third-order valence-corrected chi connectivity index (χ3v) is 4.97. The van der Waals surface area contributed by atoms with E-state index in [1.165, 1.54) is 0 Å². The van der Waals surface area contributed by atoms with E-state index in [0.717, 1.165) is 10.9 Å². The van der Waals surface area contributed by atoms with Gasteiger partial charge in [0.2, 0.25) is 5.91 Å². The van der Waals surface area contributed by atoms with Gasteiger partial charge in [-0.15, -0.1) is 0 Å². The molecule has 0 unspecified atom stereocenters. The van der Waals surface area contributed by atoms with Gasteiger partial charge in [-0.2, -0.15) is 13.2 Å². The minimum Gasteiger partial charge on any atom is -0.326 e. The average Bonchev–Trinajstić information content (AvgIpc) is 2.33. The molecular formula is C16H13F3N2O. The Morgan fingerprint density at radius 1 is 1.18 bits per heavy atom. The first-order chi connectivity index (χ1) is 10.3. The molecule has 0 saturated heterocycles. The van der Waals surface area contributed by atoms with Gasteiger partial charge in [-0.05, 0) is 43.5 Å². The van der Waals surface area contributed by atoms with Crippen molar-refractivity contribution >= 4 is 22.5 Å². The number of nitrogens with one attached hydrogen (secondary N) is 1. The summed E-state index contributed by atoms with van der Waals surface area (Å²) in [6.45, 7) is 0. The lowest BCUT2D eigenvalue weighted by Gasteiger charge is -2.69. The quantitative estimate of drug-likeness (QED) is 0.914. The monoisotopic (exact) mass is 306 g/mol. The molecule has 6 heteroatoms. The molecule has 3 aliphatic rings. The number of carbonyl (C=O) groups excluding carboxylic acids is 1. The summed E-state index contributed by atoms with van der Waals surface area (Å²) in [6, 6.07) is 8.95. The van der Waals surface area contributed by atoms with E-state index in [2.05, 4.69) is 10.3 Å². The van der Waals surface area contributed by atoms with Crippen molar-refractivity contribution in [3.8, 4) is 0 Å². The molecule has 3 aliphatic carbocycles. The number of amides is 1. The van der Waals surface area contributed by atoms with E-state index in [-0.39, 0.29) is 25.2 Å². The van der Waals surface area contributed by atoms with E-state index >= 15 is 0 Å². The Morgan fingerprint density at radius 3 is 2.59 bits per heavy atom. The molecule has 0 spiro atoms. The Labute approximate surface area is 124 Å². The fourth-order valence-corrected chi connectivity index (χ4v) is 3.75. The summed E-state index contributed by atoms with van der Waals surface area (Å²) >= 11 is 0. The van der Waals surface area contributed by atoms with Crippen LogP contribution in [0.2, 0.25) is 0 Å². The molecule has 114 valence electrons. The minimum atomic E-state index is -4.19.